The molecule has 0 radical (unpaired) electrons. The number of hydrogen-bond acceptors (Lipinski definition) is 4. The summed E-state index contributed by atoms with van der Waals surface area (Å²) in [5.41, 5.74) is 3.03. The number of pyridine rings is 1. The zero-order valence-corrected chi connectivity index (χ0v) is 16.5. The van der Waals surface area contributed by atoms with Crippen molar-refractivity contribution in [2.24, 2.45) is 7.05 Å². The van der Waals surface area contributed by atoms with Gasteiger partial charge in [-0.1, -0.05) is 24.3 Å². The van der Waals surface area contributed by atoms with Gasteiger partial charge in [-0.3, -0.25) is 14.2 Å². The molecule has 0 fully saturated rings. The van der Waals surface area contributed by atoms with Crippen molar-refractivity contribution in [1.29, 1.82) is 0 Å². The van der Waals surface area contributed by atoms with E-state index < -0.39 is 0 Å². The molecule has 150 valence electrons. The molecule has 2 heterocycles. The zero-order chi connectivity index (χ0) is 21.3. The Bertz CT molecular complexity index is 1280. The monoisotopic (exact) mass is 402 g/mol. The lowest BCUT2D eigenvalue weighted by Crippen LogP contribution is -2.26. The quantitative estimate of drug-likeness (QED) is 0.566. The molecule has 2 aromatic heterocycles. The summed E-state index contributed by atoms with van der Waals surface area (Å²) in [4.78, 5) is 33.9. The van der Waals surface area contributed by atoms with Crippen LogP contribution in [0.25, 0.3) is 22.4 Å². The van der Waals surface area contributed by atoms with Crippen molar-refractivity contribution in [3.63, 3.8) is 0 Å². The number of carbonyl (C=O) groups excluding carboxylic acids is 1. The molecule has 0 aliphatic heterocycles. The summed E-state index contributed by atoms with van der Waals surface area (Å²) >= 11 is 0. The normalized spacial score (nSPS) is 12.0. The van der Waals surface area contributed by atoms with Crippen LogP contribution in [0, 0.1) is 5.82 Å². The summed E-state index contributed by atoms with van der Waals surface area (Å²) in [5.74, 6) is -0.584. The number of hydrogen-bond donors (Lipinski definition) is 1. The van der Waals surface area contributed by atoms with E-state index in [1.165, 1.54) is 16.7 Å². The summed E-state index contributed by atoms with van der Waals surface area (Å²) in [7, 11) is 1.65. The molecule has 7 heteroatoms. The van der Waals surface area contributed by atoms with Gasteiger partial charge in [0.2, 0.25) is 0 Å². The number of benzene rings is 2. The highest BCUT2D eigenvalue weighted by Gasteiger charge is 2.14. The average Bonchev–Trinajstić information content (AvgIpc) is 2.77. The third-order valence-corrected chi connectivity index (χ3v) is 4.96. The highest BCUT2D eigenvalue weighted by Crippen LogP contribution is 2.18. The van der Waals surface area contributed by atoms with Crippen molar-refractivity contribution in [3.8, 4) is 11.3 Å². The third kappa shape index (κ3) is 3.69. The van der Waals surface area contributed by atoms with Crippen LogP contribution in [0.15, 0.2) is 71.7 Å². The Morgan fingerprint density at radius 2 is 1.77 bits per heavy atom. The molecule has 1 amide bonds. The summed E-state index contributed by atoms with van der Waals surface area (Å²) in [6, 6.07) is 16.0. The maximum absolute atomic E-state index is 13.1. The van der Waals surface area contributed by atoms with Crippen molar-refractivity contribution in [3.05, 3.63) is 94.2 Å². The lowest BCUT2D eigenvalue weighted by Gasteiger charge is -2.14. The van der Waals surface area contributed by atoms with Crippen molar-refractivity contribution < 1.29 is 9.18 Å². The first-order valence-corrected chi connectivity index (χ1v) is 9.42. The topological polar surface area (TPSA) is 76.9 Å². The van der Waals surface area contributed by atoms with E-state index in [1.807, 2.05) is 6.92 Å². The molecule has 4 rings (SSSR count). The Hall–Kier alpha value is -3.87. The Balaban J connectivity index is 1.58. The van der Waals surface area contributed by atoms with Crippen LogP contribution in [0.3, 0.4) is 0 Å². The molecule has 0 aliphatic rings. The number of aromatic nitrogens is 3. The molecule has 30 heavy (non-hydrogen) atoms. The third-order valence-electron chi connectivity index (χ3n) is 4.96. The van der Waals surface area contributed by atoms with Crippen molar-refractivity contribution in [1.82, 2.24) is 19.9 Å². The molecule has 1 N–H and O–H groups in total. The Morgan fingerprint density at radius 1 is 1.07 bits per heavy atom. The van der Waals surface area contributed by atoms with Crippen molar-refractivity contribution in [2.75, 3.05) is 0 Å². The number of aryl methyl sites for hydroxylation is 1. The van der Waals surface area contributed by atoms with E-state index in [2.05, 4.69) is 15.3 Å². The standard InChI is InChI=1S/C23H19FN4O2/c1-14(15-9-11-18(24)12-10-15)26-22(29)17-7-5-16(6-8-17)20-23(30)28(2)21-19(27-20)4-3-13-25-21/h3-14H,1-2H3,(H,26,29). The minimum atomic E-state index is -0.322. The minimum absolute atomic E-state index is 0.261. The predicted octanol–water partition coefficient (Wildman–Crippen LogP) is 3.63. The number of nitrogens with zero attached hydrogens (tertiary/aromatic N) is 3. The fourth-order valence-electron chi connectivity index (χ4n) is 3.24. The van der Waals surface area contributed by atoms with Crippen LogP contribution in [-0.2, 0) is 7.05 Å². The van der Waals surface area contributed by atoms with E-state index in [9.17, 15) is 14.0 Å². The first kappa shape index (κ1) is 19.4. The Labute approximate surface area is 172 Å². The number of fused-ring (bicyclic) bond motifs is 1. The van der Waals surface area contributed by atoms with Gasteiger partial charge >= 0.3 is 0 Å². The molecular weight excluding hydrogens is 383 g/mol. The van der Waals surface area contributed by atoms with Gasteiger partial charge in [0.15, 0.2) is 5.65 Å². The van der Waals surface area contributed by atoms with Crippen LogP contribution < -0.4 is 10.9 Å². The van der Waals surface area contributed by atoms with E-state index in [0.717, 1.165) is 5.56 Å². The van der Waals surface area contributed by atoms with Crippen molar-refractivity contribution in [2.45, 2.75) is 13.0 Å². The summed E-state index contributed by atoms with van der Waals surface area (Å²) in [5, 5.41) is 2.88. The molecule has 0 aliphatic carbocycles. The zero-order valence-electron chi connectivity index (χ0n) is 16.5. The maximum atomic E-state index is 13.1. The summed E-state index contributed by atoms with van der Waals surface area (Å²) in [6.45, 7) is 1.83. The van der Waals surface area contributed by atoms with Crippen LogP contribution in [0.2, 0.25) is 0 Å². The number of nitrogens with one attached hydrogen (secondary N) is 1. The second kappa shape index (κ2) is 7.87. The number of halogens is 1. The molecule has 0 saturated carbocycles. The average molecular weight is 402 g/mol. The highest BCUT2D eigenvalue weighted by atomic mass is 19.1. The molecular formula is C23H19FN4O2. The number of carbonyl (C=O) groups is 1. The van der Waals surface area contributed by atoms with E-state index in [-0.39, 0.29) is 23.3 Å². The van der Waals surface area contributed by atoms with Crippen LogP contribution in [0.4, 0.5) is 4.39 Å². The second-order valence-electron chi connectivity index (χ2n) is 6.99. The van der Waals surface area contributed by atoms with E-state index in [1.54, 1.807) is 61.8 Å². The van der Waals surface area contributed by atoms with Gasteiger partial charge in [0.1, 0.15) is 17.0 Å². The predicted molar refractivity (Wildman–Crippen MR) is 112 cm³/mol. The van der Waals surface area contributed by atoms with Crippen LogP contribution in [0.5, 0.6) is 0 Å². The van der Waals surface area contributed by atoms with Gasteiger partial charge in [-0.05, 0) is 48.9 Å². The lowest BCUT2D eigenvalue weighted by atomic mass is 10.1. The number of amides is 1. The van der Waals surface area contributed by atoms with Crippen LogP contribution in [0.1, 0.15) is 28.9 Å². The van der Waals surface area contributed by atoms with E-state index >= 15 is 0 Å². The summed E-state index contributed by atoms with van der Waals surface area (Å²) < 4.78 is 14.5. The second-order valence-corrected chi connectivity index (χ2v) is 6.99. The molecule has 6 nitrogen and oxygen atoms in total. The molecule has 1 unspecified atom stereocenters. The largest absolute Gasteiger partial charge is 0.346 e. The lowest BCUT2D eigenvalue weighted by molar-refractivity contribution is 0.0940. The van der Waals surface area contributed by atoms with E-state index in [0.29, 0.717) is 28.0 Å². The van der Waals surface area contributed by atoms with Gasteiger partial charge in [-0.2, -0.15) is 0 Å². The van der Waals surface area contributed by atoms with Crippen molar-refractivity contribution >= 4 is 17.1 Å². The van der Waals surface area contributed by atoms with Crippen LogP contribution in [-0.4, -0.2) is 20.4 Å². The fourth-order valence-corrected chi connectivity index (χ4v) is 3.24. The van der Waals surface area contributed by atoms with Gasteiger partial charge in [0, 0.05) is 24.4 Å². The van der Waals surface area contributed by atoms with Gasteiger partial charge in [0.25, 0.3) is 11.5 Å². The minimum Gasteiger partial charge on any atom is -0.346 e. The highest BCUT2D eigenvalue weighted by molar-refractivity contribution is 5.95. The fraction of sp³-hybridized carbons (Fsp3) is 0.130. The SMILES string of the molecule is CC(NC(=O)c1ccc(-c2nc3cccnc3n(C)c2=O)cc1)c1ccc(F)cc1. The first-order chi connectivity index (χ1) is 14.4. The first-order valence-electron chi connectivity index (χ1n) is 9.42. The summed E-state index contributed by atoms with van der Waals surface area (Å²) in [6.07, 6.45) is 1.61. The van der Waals surface area contributed by atoms with Gasteiger partial charge in [-0.15, -0.1) is 0 Å². The van der Waals surface area contributed by atoms with Gasteiger partial charge in [0.05, 0.1) is 6.04 Å². The Morgan fingerprint density at radius 3 is 2.47 bits per heavy atom. The molecule has 1 atom stereocenters. The molecule has 2 aromatic carbocycles. The Kier molecular flexibility index (Phi) is 5.10. The van der Waals surface area contributed by atoms with Gasteiger partial charge in [-0.25, -0.2) is 14.4 Å². The molecule has 0 saturated heterocycles. The van der Waals surface area contributed by atoms with Gasteiger partial charge < -0.3 is 5.32 Å². The maximum Gasteiger partial charge on any atom is 0.278 e. The molecule has 0 spiro atoms. The van der Waals surface area contributed by atoms with E-state index in [4.69, 9.17) is 0 Å². The molecule has 4 aromatic rings. The number of rotatable bonds is 4. The molecule has 0 bridgehead atoms. The van der Waals surface area contributed by atoms with Crippen LogP contribution >= 0.6 is 0 Å². The smallest absolute Gasteiger partial charge is 0.278 e.